The van der Waals surface area contributed by atoms with Crippen LogP contribution in [0.5, 0.6) is 0 Å². The minimum absolute atomic E-state index is 0.00523. The van der Waals surface area contributed by atoms with Gasteiger partial charge in [0.25, 0.3) is 15.9 Å². The third-order valence-corrected chi connectivity index (χ3v) is 7.94. The van der Waals surface area contributed by atoms with Crippen LogP contribution in [0.15, 0.2) is 29.2 Å². The number of carbonyl (C=O) groups excluding carboxylic acids is 1. The minimum Gasteiger partial charge on any atom is -0.348 e. The molecule has 1 fully saturated rings. The van der Waals surface area contributed by atoms with Crippen molar-refractivity contribution in [3.05, 3.63) is 41.2 Å². The Morgan fingerprint density at radius 3 is 2.31 bits per heavy atom. The van der Waals surface area contributed by atoms with E-state index in [1.165, 1.54) is 36.0 Å². The summed E-state index contributed by atoms with van der Waals surface area (Å²) in [5, 5.41) is 16.3. The summed E-state index contributed by atoms with van der Waals surface area (Å²) >= 11 is 0. The summed E-state index contributed by atoms with van der Waals surface area (Å²) < 4.78 is 57.8. The number of rotatable bonds is 6. The third kappa shape index (κ3) is 5.99. The molecular formula is C24H31F2N5O3S. The van der Waals surface area contributed by atoms with Crippen LogP contribution >= 0.6 is 0 Å². The average Bonchev–Trinajstić information content (AvgIpc) is 3.08. The summed E-state index contributed by atoms with van der Waals surface area (Å²) in [6.45, 7) is 7.73. The first-order valence-electron chi connectivity index (χ1n) is 11.4. The molecule has 1 aliphatic carbocycles. The van der Waals surface area contributed by atoms with E-state index in [0.717, 1.165) is 0 Å². The molecule has 0 saturated heterocycles. The van der Waals surface area contributed by atoms with E-state index in [0.29, 0.717) is 5.56 Å². The van der Waals surface area contributed by atoms with E-state index < -0.39 is 27.8 Å². The Kier molecular flexibility index (Phi) is 7.27. The first kappa shape index (κ1) is 26.6. The molecule has 8 nitrogen and oxygen atoms in total. The predicted molar refractivity (Wildman–Crippen MR) is 128 cm³/mol. The van der Waals surface area contributed by atoms with Gasteiger partial charge in [-0.2, -0.15) is 10.4 Å². The molecule has 190 valence electrons. The van der Waals surface area contributed by atoms with Gasteiger partial charge in [-0.25, -0.2) is 17.2 Å². The Balaban J connectivity index is 2.05. The summed E-state index contributed by atoms with van der Waals surface area (Å²) in [6.07, 6.45) is -0.429. The van der Waals surface area contributed by atoms with Crippen molar-refractivity contribution < 1.29 is 22.0 Å². The highest BCUT2D eigenvalue weighted by molar-refractivity contribution is 7.92. The van der Waals surface area contributed by atoms with E-state index in [1.807, 2.05) is 33.8 Å². The van der Waals surface area contributed by atoms with E-state index in [-0.39, 0.29) is 59.1 Å². The maximum atomic E-state index is 13.8. The second-order valence-corrected chi connectivity index (χ2v) is 11.8. The van der Waals surface area contributed by atoms with Gasteiger partial charge >= 0.3 is 0 Å². The summed E-state index contributed by atoms with van der Waals surface area (Å²) in [5.41, 5.74) is 0.310. The number of hydrogen-bond acceptors (Lipinski definition) is 5. The van der Waals surface area contributed by atoms with Gasteiger partial charge in [-0.15, -0.1) is 0 Å². The summed E-state index contributed by atoms with van der Waals surface area (Å²) in [5.74, 6) is -3.72. The summed E-state index contributed by atoms with van der Waals surface area (Å²) in [4.78, 5) is 13.2. The molecule has 0 unspecified atom stereocenters. The standard InChI is InChI=1S/C24H31F2N5O3S/c1-15(23(2,3)4)28-22(32)21-20(30-35(33,34)18-8-6-16(14-27)7-9-18)19(29-31(21)5)17-10-12-24(25,26)13-11-17/h6-9,15,17,30H,10-13H2,1-5H3,(H,28,32)/t15-/m0/s1. The van der Waals surface area contributed by atoms with E-state index >= 15 is 0 Å². The molecule has 0 bridgehead atoms. The Hall–Kier alpha value is -3.00. The quantitative estimate of drug-likeness (QED) is 0.595. The summed E-state index contributed by atoms with van der Waals surface area (Å²) in [7, 11) is -2.64. The molecule has 0 radical (unpaired) electrons. The van der Waals surface area contributed by atoms with Crippen LogP contribution in [-0.4, -0.2) is 36.1 Å². The van der Waals surface area contributed by atoms with Crippen molar-refractivity contribution in [2.45, 2.75) is 76.2 Å². The van der Waals surface area contributed by atoms with E-state index in [2.05, 4.69) is 15.1 Å². The smallest absolute Gasteiger partial charge is 0.271 e. The maximum Gasteiger partial charge on any atom is 0.271 e. The number of alkyl halides is 2. The number of benzene rings is 1. The lowest BCUT2D eigenvalue weighted by Gasteiger charge is -2.28. The SMILES string of the molecule is C[C@H](NC(=O)c1c(NS(=O)(=O)c2ccc(C#N)cc2)c(C2CCC(F)(F)CC2)nn1C)C(C)(C)C. The molecule has 0 spiro atoms. The van der Waals surface area contributed by atoms with Crippen molar-refractivity contribution in [2.24, 2.45) is 12.5 Å². The van der Waals surface area contributed by atoms with E-state index in [4.69, 9.17) is 5.26 Å². The van der Waals surface area contributed by atoms with Gasteiger partial charge in [-0.3, -0.25) is 14.2 Å². The number of aromatic nitrogens is 2. The highest BCUT2D eigenvalue weighted by Gasteiger charge is 2.39. The molecule has 1 atom stereocenters. The fraction of sp³-hybridized carbons (Fsp3) is 0.542. The van der Waals surface area contributed by atoms with Crippen molar-refractivity contribution in [3.8, 4) is 6.07 Å². The number of nitriles is 1. The highest BCUT2D eigenvalue weighted by atomic mass is 32.2. The molecule has 1 heterocycles. The number of nitrogens with one attached hydrogen (secondary N) is 2. The van der Waals surface area contributed by atoms with Gasteiger partial charge in [0.1, 0.15) is 11.4 Å². The Morgan fingerprint density at radius 2 is 1.80 bits per heavy atom. The number of halogens is 2. The van der Waals surface area contributed by atoms with Crippen molar-refractivity contribution in [1.29, 1.82) is 5.26 Å². The van der Waals surface area contributed by atoms with Gasteiger partial charge in [0.2, 0.25) is 5.92 Å². The number of nitrogens with zero attached hydrogens (tertiary/aromatic N) is 3. The second-order valence-electron chi connectivity index (χ2n) is 10.2. The molecule has 11 heteroatoms. The molecule has 3 rings (SSSR count). The topological polar surface area (TPSA) is 117 Å². The molecule has 2 aromatic rings. The highest BCUT2D eigenvalue weighted by Crippen LogP contribution is 2.43. The van der Waals surface area contributed by atoms with Gasteiger partial charge in [0.15, 0.2) is 0 Å². The molecule has 1 aromatic heterocycles. The molecule has 2 N–H and O–H groups in total. The zero-order valence-corrected chi connectivity index (χ0v) is 21.3. The van der Waals surface area contributed by atoms with Gasteiger partial charge in [0, 0.05) is 31.8 Å². The number of carbonyl (C=O) groups is 1. The van der Waals surface area contributed by atoms with Crippen LogP contribution in [0, 0.1) is 16.7 Å². The maximum absolute atomic E-state index is 13.8. The van der Waals surface area contributed by atoms with Gasteiger partial charge in [0.05, 0.1) is 22.2 Å². The van der Waals surface area contributed by atoms with Gasteiger partial charge < -0.3 is 5.32 Å². The number of aryl methyl sites for hydroxylation is 1. The van der Waals surface area contributed by atoms with Crippen LogP contribution in [0.3, 0.4) is 0 Å². The van der Waals surface area contributed by atoms with Crippen LogP contribution in [-0.2, 0) is 17.1 Å². The van der Waals surface area contributed by atoms with Gasteiger partial charge in [-0.1, -0.05) is 20.8 Å². The number of amides is 1. The molecule has 1 amide bonds. The zero-order chi connectivity index (χ0) is 26.2. The van der Waals surface area contributed by atoms with Crippen molar-refractivity contribution >= 4 is 21.6 Å². The molecule has 1 saturated carbocycles. The fourth-order valence-corrected chi connectivity index (χ4v) is 4.97. The number of anilines is 1. The van der Waals surface area contributed by atoms with Crippen LogP contribution in [0.25, 0.3) is 0 Å². The lowest BCUT2D eigenvalue weighted by atomic mass is 9.84. The van der Waals surface area contributed by atoms with E-state index in [9.17, 15) is 22.0 Å². The predicted octanol–water partition coefficient (Wildman–Crippen LogP) is 4.55. The normalized spacial score (nSPS) is 17.4. The molecular weight excluding hydrogens is 476 g/mol. The van der Waals surface area contributed by atoms with E-state index in [1.54, 1.807) is 0 Å². The molecule has 35 heavy (non-hydrogen) atoms. The molecule has 1 aliphatic rings. The lowest BCUT2D eigenvalue weighted by Crippen LogP contribution is -2.42. The molecule has 1 aromatic carbocycles. The zero-order valence-electron chi connectivity index (χ0n) is 20.5. The molecule has 0 aliphatic heterocycles. The van der Waals surface area contributed by atoms with Crippen LogP contribution in [0.2, 0.25) is 0 Å². The third-order valence-electron chi connectivity index (χ3n) is 6.57. The number of sulfonamides is 1. The van der Waals surface area contributed by atoms with Crippen LogP contribution in [0.4, 0.5) is 14.5 Å². The van der Waals surface area contributed by atoms with Crippen molar-refractivity contribution in [2.75, 3.05) is 4.72 Å². The Bertz CT molecular complexity index is 1230. The van der Waals surface area contributed by atoms with Crippen molar-refractivity contribution in [1.82, 2.24) is 15.1 Å². The largest absolute Gasteiger partial charge is 0.348 e. The van der Waals surface area contributed by atoms with Crippen LogP contribution < -0.4 is 10.0 Å². The fourth-order valence-electron chi connectivity index (χ4n) is 3.89. The summed E-state index contributed by atoms with van der Waals surface area (Å²) in [6, 6.07) is 7.02. The minimum atomic E-state index is -4.16. The lowest BCUT2D eigenvalue weighted by molar-refractivity contribution is -0.0384. The monoisotopic (exact) mass is 507 g/mol. The van der Waals surface area contributed by atoms with Crippen molar-refractivity contribution in [3.63, 3.8) is 0 Å². The Labute approximate surface area is 204 Å². The first-order chi connectivity index (χ1) is 16.1. The Morgan fingerprint density at radius 1 is 1.23 bits per heavy atom. The van der Waals surface area contributed by atoms with Crippen LogP contribution in [0.1, 0.15) is 81.0 Å². The first-order valence-corrected chi connectivity index (χ1v) is 12.9. The second kappa shape index (κ2) is 9.57. The number of hydrogen-bond donors (Lipinski definition) is 2. The van der Waals surface area contributed by atoms with Gasteiger partial charge in [-0.05, 0) is 49.4 Å². The average molecular weight is 508 g/mol.